The van der Waals surface area contributed by atoms with Gasteiger partial charge in [0.15, 0.2) is 0 Å². The molecule has 0 atom stereocenters. The summed E-state index contributed by atoms with van der Waals surface area (Å²) in [5.41, 5.74) is 1.43. The van der Waals surface area contributed by atoms with Crippen molar-refractivity contribution in [1.29, 1.82) is 0 Å². The second kappa shape index (κ2) is 5.48. The van der Waals surface area contributed by atoms with Gasteiger partial charge in [0.25, 0.3) is 5.56 Å². The maximum absolute atomic E-state index is 11.8. The number of H-pyrrole nitrogens is 1. The molecule has 0 spiro atoms. The van der Waals surface area contributed by atoms with E-state index in [0.717, 1.165) is 18.5 Å². The van der Waals surface area contributed by atoms with E-state index in [2.05, 4.69) is 27.1 Å². The molecule has 2 aromatic rings. The monoisotopic (exact) mass is 241 g/mol. The molecule has 2 N–H and O–H groups in total. The molecule has 0 bridgehead atoms. The highest BCUT2D eigenvalue weighted by molar-refractivity contribution is 5.79. The van der Waals surface area contributed by atoms with E-state index in [4.69, 9.17) is 0 Å². The van der Waals surface area contributed by atoms with Crippen LogP contribution in [0.3, 0.4) is 0 Å². The highest BCUT2D eigenvalue weighted by Gasteiger charge is 2.01. The van der Waals surface area contributed by atoms with E-state index < -0.39 is 0 Å². The van der Waals surface area contributed by atoms with Crippen LogP contribution in [0.25, 0.3) is 10.9 Å². The molecule has 4 heteroatoms. The van der Waals surface area contributed by atoms with Crippen LogP contribution in [-0.4, -0.2) is 23.6 Å². The van der Waals surface area contributed by atoms with Gasteiger partial charge < -0.3 is 10.3 Å². The van der Waals surface area contributed by atoms with Gasteiger partial charge in [-0.15, -0.1) is 0 Å². The van der Waals surface area contributed by atoms with Crippen LogP contribution >= 0.6 is 0 Å². The number of aromatic nitrogens is 2. The molecule has 0 fully saturated rings. The summed E-state index contributed by atoms with van der Waals surface area (Å²) >= 11 is 0. The number of hydrogen-bond acceptors (Lipinski definition) is 3. The molecule has 18 heavy (non-hydrogen) atoms. The second-order valence-electron chi connectivity index (χ2n) is 4.04. The Kier molecular flexibility index (Phi) is 3.75. The van der Waals surface area contributed by atoms with E-state index in [1.165, 1.54) is 0 Å². The van der Waals surface area contributed by atoms with Crippen LogP contribution in [0.15, 0.2) is 23.0 Å². The Morgan fingerprint density at radius 3 is 3.06 bits per heavy atom. The molecule has 1 aromatic carbocycles. The van der Waals surface area contributed by atoms with Crippen molar-refractivity contribution in [3.8, 4) is 11.8 Å². The number of hydrogen-bond donors (Lipinski definition) is 2. The number of benzene rings is 1. The van der Waals surface area contributed by atoms with Gasteiger partial charge >= 0.3 is 0 Å². The molecule has 1 heterocycles. The van der Waals surface area contributed by atoms with E-state index >= 15 is 0 Å². The lowest BCUT2D eigenvalue weighted by atomic mass is 10.1. The van der Waals surface area contributed by atoms with Gasteiger partial charge in [0.2, 0.25) is 0 Å². The minimum Gasteiger partial charge on any atom is -0.319 e. The van der Waals surface area contributed by atoms with Crippen LogP contribution in [0.5, 0.6) is 0 Å². The van der Waals surface area contributed by atoms with E-state index in [-0.39, 0.29) is 5.56 Å². The van der Waals surface area contributed by atoms with E-state index in [9.17, 15) is 4.79 Å². The first-order valence-electron chi connectivity index (χ1n) is 5.85. The third-order valence-electron chi connectivity index (χ3n) is 2.56. The maximum Gasteiger partial charge on any atom is 0.258 e. The Hall–Kier alpha value is -2.12. The zero-order valence-electron chi connectivity index (χ0n) is 10.5. The third kappa shape index (κ3) is 2.76. The van der Waals surface area contributed by atoms with E-state index in [1.54, 1.807) is 13.0 Å². The summed E-state index contributed by atoms with van der Waals surface area (Å²) < 4.78 is 0. The molecule has 2 rings (SSSR count). The van der Waals surface area contributed by atoms with Crippen LogP contribution in [0, 0.1) is 18.8 Å². The SMILES string of the molecule is CNCCC#Cc1ccc2nc(C)[nH]c(=O)c2c1. The molecule has 0 aliphatic carbocycles. The van der Waals surface area contributed by atoms with Crippen LogP contribution in [0.2, 0.25) is 0 Å². The molecule has 0 unspecified atom stereocenters. The molecule has 1 aromatic heterocycles. The predicted molar refractivity (Wildman–Crippen MR) is 72.5 cm³/mol. The highest BCUT2D eigenvalue weighted by atomic mass is 16.1. The molecule has 0 saturated heterocycles. The van der Waals surface area contributed by atoms with Crippen molar-refractivity contribution in [1.82, 2.24) is 15.3 Å². The standard InChI is InChI=1S/C14H15N3O/c1-10-16-13-7-6-11(5-3-4-8-15-2)9-12(13)14(18)17-10/h6-7,9,15H,4,8H2,1-2H3,(H,16,17,18). The van der Waals surface area contributed by atoms with Gasteiger partial charge in [-0.2, -0.15) is 0 Å². The van der Waals surface area contributed by atoms with Gasteiger partial charge in [-0.1, -0.05) is 11.8 Å². The molecule has 0 amide bonds. The summed E-state index contributed by atoms with van der Waals surface area (Å²) in [4.78, 5) is 18.7. The summed E-state index contributed by atoms with van der Waals surface area (Å²) in [5.74, 6) is 6.72. The molecule has 4 nitrogen and oxygen atoms in total. The Morgan fingerprint density at radius 1 is 1.44 bits per heavy atom. The van der Waals surface area contributed by atoms with Crippen molar-refractivity contribution in [3.05, 3.63) is 39.9 Å². The minimum absolute atomic E-state index is 0.114. The molecule has 0 aliphatic heterocycles. The molecule has 0 saturated carbocycles. The van der Waals surface area contributed by atoms with Crippen LogP contribution in [0.1, 0.15) is 17.8 Å². The Labute approximate surface area is 105 Å². The fraction of sp³-hybridized carbons (Fsp3) is 0.286. The largest absolute Gasteiger partial charge is 0.319 e. The number of aromatic amines is 1. The molecule has 0 aliphatic rings. The second-order valence-corrected chi connectivity index (χ2v) is 4.04. The van der Waals surface area contributed by atoms with Gasteiger partial charge in [-0.05, 0) is 32.2 Å². The quantitative estimate of drug-likeness (QED) is 0.613. The van der Waals surface area contributed by atoms with Gasteiger partial charge in [-0.25, -0.2) is 4.98 Å². The van der Waals surface area contributed by atoms with Crippen molar-refractivity contribution in [2.45, 2.75) is 13.3 Å². The summed E-state index contributed by atoms with van der Waals surface area (Å²) in [6.07, 6.45) is 0.789. The average Bonchev–Trinajstić information content (AvgIpc) is 2.35. The van der Waals surface area contributed by atoms with Crippen molar-refractivity contribution < 1.29 is 0 Å². The number of nitrogens with one attached hydrogen (secondary N) is 2. The van der Waals surface area contributed by atoms with Crippen molar-refractivity contribution in [3.63, 3.8) is 0 Å². The van der Waals surface area contributed by atoms with E-state index in [0.29, 0.717) is 16.7 Å². The summed E-state index contributed by atoms with van der Waals surface area (Å²) in [6, 6.07) is 5.51. The van der Waals surface area contributed by atoms with Crippen molar-refractivity contribution in [2.75, 3.05) is 13.6 Å². The zero-order chi connectivity index (χ0) is 13.0. The number of aryl methyl sites for hydroxylation is 1. The van der Waals surface area contributed by atoms with Crippen LogP contribution in [0.4, 0.5) is 0 Å². The van der Waals surface area contributed by atoms with E-state index in [1.807, 2.05) is 19.2 Å². The van der Waals surface area contributed by atoms with Crippen molar-refractivity contribution in [2.24, 2.45) is 0 Å². The minimum atomic E-state index is -0.114. The summed E-state index contributed by atoms with van der Waals surface area (Å²) in [7, 11) is 1.89. The van der Waals surface area contributed by atoms with Crippen LogP contribution in [-0.2, 0) is 0 Å². The first kappa shape index (κ1) is 12.3. The highest BCUT2D eigenvalue weighted by Crippen LogP contribution is 2.09. The van der Waals surface area contributed by atoms with Gasteiger partial charge in [0.05, 0.1) is 10.9 Å². The molecule has 92 valence electrons. The number of rotatable bonds is 2. The zero-order valence-corrected chi connectivity index (χ0v) is 10.5. The smallest absolute Gasteiger partial charge is 0.258 e. The lowest BCUT2D eigenvalue weighted by Gasteiger charge is -1.98. The fourth-order valence-electron chi connectivity index (χ4n) is 1.69. The van der Waals surface area contributed by atoms with Gasteiger partial charge in [0.1, 0.15) is 5.82 Å². The first-order chi connectivity index (χ1) is 8.70. The topological polar surface area (TPSA) is 57.8 Å². The fourth-order valence-corrected chi connectivity index (χ4v) is 1.69. The summed E-state index contributed by atoms with van der Waals surface area (Å²) in [6.45, 7) is 2.63. The molecular weight excluding hydrogens is 226 g/mol. The predicted octanol–water partition coefficient (Wildman–Crippen LogP) is 1.19. The molecular formula is C14H15N3O. The Morgan fingerprint density at radius 2 is 2.28 bits per heavy atom. The van der Waals surface area contributed by atoms with Gasteiger partial charge in [0, 0.05) is 18.5 Å². The average molecular weight is 241 g/mol. The molecule has 0 radical (unpaired) electrons. The van der Waals surface area contributed by atoms with Crippen LogP contribution < -0.4 is 10.9 Å². The summed E-state index contributed by atoms with van der Waals surface area (Å²) in [5, 5.41) is 3.62. The first-order valence-corrected chi connectivity index (χ1v) is 5.85. The normalized spacial score (nSPS) is 10.1. The Bertz CT molecular complexity index is 677. The Balaban J connectivity index is 2.38. The lowest BCUT2D eigenvalue weighted by molar-refractivity contribution is 0.818. The van der Waals surface area contributed by atoms with Crippen molar-refractivity contribution >= 4 is 10.9 Å². The lowest BCUT2D eigenvalue weighted by Crippen LogP contribution is -2.09. The maximum atomic E-state index is 11.8. The third-order valence-corrected chi connectivity index (χ3v) is 2.56. The number of nitrogens with zero attached hydrogens (tertiary/aromatic N) is 1. The van der Waals surface area contributed by atoms with Gasteiger partial charge in [-0.3, -0.25) is 4.79 Å². The number of fused-ring (bicyclic) bond motifs is 1.